The summed E-state index contributed by atoms with van der Waals surface area (Å²) in [5.41, 5.74) is 1.16. The summed E-state index contributed by atoms with van der Waals surface area (Å²) in [5.74, 6) is -0.478. The van der Waals surface area contributed by atoms with Crippen molar-refractivity contribution in [3.63, 3.8) is 0 Å². The van der Waals surface area contributed by atoms with Crippen LogP contribution < -0.4 is 4.74 Å². The maximum Gasteiger partial charge on any atom is 0.338 e. The van der Waals surface area contributed by atoms with Crippen molar-refractivity contribution in [3.8, 4) is 11.8 Å². The first-order valence-corrected chi connectivity index (χ1v) is 6.00. The second kappa shape index (κ2) is 6.63. The van der Waals surface area contributed by atoms with E-state index in [0.29, 0.717) is 12.4 Å². The maximum atomic E-state index is 10.7. The van der Waals surface area contributed by atoms with Crippen molar-refractivity contribution in [2.75, 3.05) is 13.7 Å². The maximum absolute atomic E-state index is 10.7. The molecule has 0 radical (unpaired) electrons. The number of carboxylic acid groups (broad SMARTS) is 1. The van der Waals surface area contributed by atoms with Gasteiger partial charge in [-0.1, -0.05) is 12.1 Å². The third-order valence-corrected chi connectivity index (χ3v) is 2.60. The van der Waals surface area contributed by atoms with E-state index in [0.717, 1.165) is 12.0 Å². The summed E-state index contributed by atoms with van der Waals surface area (Å²) in [7, 11) is 1.66. The Labute approximate surface area is 116 Å². The van der Waals surface area contributed by atoms with Gasteiger partial charge in [0.25, 0.3) is 0 Å². The molecule has 2 aromatic rings. The van der Waals surface area contributed by atoms with Gasteiger partial charge in [-0.2, -0.15) is 0 Å². The lowest BCUT2D eigenvalue weighted by atomic mass is 10.1. The van der Waals surface area contributed by atoms with Crippen LogP contribution in [0.15, 0.2) is 36.7 Å². The zero-order valence-corrected chi connectivity index (χ0v) is 10.9. The average molecular weight is 274 g/mol. The predicted octanol–water partition coefficient (Wildman–Crippen LogP) is 2.16. The molecule has 0 unspecified atom stereocenters. The molecule has 6 heteroatoms. The summed E-state index contributed by atoms with van der Waals surface area (Å²) in [6, 6.07) is 7.58. The van der Waals surface area contributed by atoms with Crippen LogP contribution in [0.3, 0.4) is 0 Å². The van der Waals surface area contributed by atoms with Crippen LogP contribution in [0.4, 0.5) is 0 Å². The van der Waals surface area contributed by atoms with E-state index < -0.39 is 5.97 Å². The van der Waals surface area contributed by atoms with Gasteiger partial charge in [-0.25, -0.2) is 14.8 Å². The van der Waals surface area contributed by atoms with Gasteiger partial charge in [-0.15, -0.1) is 0 Å². The Morgan fingerprint density at radius 2 is 1.85 bits per heavy atom. The highest BCUT2D eigenvalue weighted by molar-refractivity contribution is 5.86. The first-order valence-electron chi connectivity index (χ1n) is 6.00. The van der Waals surface area contributed by atoms with Crippen LogP contribution in [-0.2, 0) is 11.2 Å². The van der Waals surface area contributed by atoms with Gasteiger partial charge >= 0.3 is 12.0 Å². The van der Waals surface area contributed by atoms with Gasteiger partial charge in [0, 0.05) is 19.5 Å². The minimum absolute atomic E-state index is 0.0206. The van der Waals surface area contributed by atoms with Crippen molar-refractivity contribution < 1.29 is 19.4 Å². The lowest BCUT2D eigenvalue weighted by molar-refractivity contribution is 0.0696. The molecule has 1 N–H and O–H groups in total. The van der Waals surface area contributed by atoms with E-state index in [-0.39, 0.29) is 11.6 Å². The first kappa shape index (κ1) is 14.0. The van der Waals surface area contributed by atoms with Crippen molar-refractivity contribution in [2.45, 2.75) is 6.42 Å². The third-order valence-electron chi connectivity index (χ3n) is 2.60. The fraction of sp³-hybridized carbons (Fsp3) is 0.214. The summed E-state index contributed by atoms with van der Waals surface area (Å²) in [5, 5.41) is 8.74. The molecule has 0 spiro atoms. The van der Waals surface area contributed by atoms with Crippen molar-refractivity contribution in [2.24, 2.45) is 0 Å². The number of carbonyl (C=O) groups is 1. The molecule has 0 saturated carbocycles. The Morgan fingerprint density at radius 3 is 2.40 bits per heavy atom. The second-order valence-corrected chi connectivity index (χ2v) is 4.05. The zero-order valence-electron chi connectivity index (χ0n) is 10.9. The Balaban J connectivity index is 2.00. The number of methoxy groups -OCH3 is 1. The Hall–Kier alpha value is -2.47. The van der Waals surface area contributed by atoms with Crippen LogP contribution in [0.1, 0.15) is 15.9 Å². The Morgan fingerprint density at radius 1 is 1.20 bits per heavy atom. The molecule has 0 aliphatic rings. The van der Waals surface area contributed by atoms with Crippen LogP contribution in [0.25, 0.3) is 0 Å². The lowest BCUT2D eigenvalue weighted by Crippen LogP contribution is -2.00. The molecular formula is C14H14N2O4. The van der Waals surface area contributed by atoms with Gasteiger partial charge in [0.2, 0.25) is 0 Å². The molecule has 6 nitrogen and oxygen atoms in total. The molecule has 2 rings (SSSR count). The minimum atomic E-state index is -1.07. The van der Waals surface area contributed by atoms with E-state index >= 15 is 0 Å². The molecule has 0 fully saturated rings. The highest BCUT2D eigenvalue weighted by Gasteiger charge is 2.05. The minimum Gasteiger partial charge on any atom is -0.478 e. The number of aromatic carboxylic acids is 1. The fourth-order valence-electron chi connectivity index (χ4n) is 1.53. The summed E-state index contributed by atoms with van der Waals surface area (Å²) in [4.78, 5) is 18.3. The Bertz CT molecular complexity index is 567. The highest BCUT2D eigenvalue weighted by Crippen LogP contribution is 2.18. The molecule has 104 valence electrons. The molecule has 20 heavy (non-hydrogen) atoms. The van der Waals surface area contributed by atoms with Crippen molar-refractivity contribution in [1.82, 2.24) is 9.97 Å². The van der Waals surface area contributed by atoms with Gasteiger partial charge in [-0.3, -0.25) is 0 Å². The second-order valence-electron chi connectivity index (χ2n) is 4.05. The average Bonchev–Trinajstić information content (AvgIpc) is 2.47. The molecule has 0 saturated heterocycles. The third kappa shape index (κ3) is 3.76. The van der Waals surface area contributed by atoms with Crippen LogP contribution in [0.5, 0.6) is 11.8 Å². The predicted molar refractivity (Wildman–Crippen MR) is 71.1 cm³/mol. The topological polar surface area (TPSA) is 81.5 Å². The number of ether oxygens (including phenoxy) is 2. The quantitative estimate of drug-likeness (QED) is 0.869. The van der Waals surface area contributed by atoms with E-state index in [2.05, 4.69) is 9.97 Å². The lowest BCUT2D eigenvalue weighted by Gasteiger charge is -2.05. The van der Waals surface area contributed by atoms with Crippen LogP contribution in [-0.4, -0.2) is 34.8 Å². The van der Waals surface area contributed by atoms with Crippen LogP contribution >= 0.6 is 0 Å². The van der Waals surface area contributed by atoms with E-state index in [4.69, 9.17) is 14.6 Å². The molecule has 0 amide bonds. The summed E-state index contributed by atoms with van der Waals surface area (Å²) < 4.78 is 10.4. The molecule has 1 heterocycles. The first-order chi connectivity index (χ1) is 9.69. The smallest absolute Gasteiger partial charge is 0.338 e. The number of hydrogen-bond donors (Lipinski definition) is 1. The summed E-state index contributed by atoms with van der Waals surface area (Å²) in [6.45, 7) is 0.667. The number of carboxylic acids is 1. The van der Waals surface area contributed by atoms with E-state index in [1.54, 1.807) is 19.2 Å². The number of benzene rings is 1. The number of hydrogen-bond acceptors (Lipinski definition) is 5. The normalized spacial score (nSPS) is 10.2. The molecule has 0 aliphatic heterocycles. The van der Waals surface area contributed by atoms with E-state index in [1.165, 1.54) is 12.4 Å². The zero-order chi connectivity index (χ0) is 14.4. The molecule has 0 bridgehead atoms. The molecular weight excluding hydrogens is 260 g/mol. The number of nitrogens with zero attached hydrogens (tertiary/aromatic N) is 2. The number of aromatic nitrogens is 2. The number of rotatable bonds is 6. The molecule has 0 aliphatic carbocycles. The largest absolute Gasteiger partial charge is 0.478 e. The van der Waals surface area contributed by atoms with Crippen molar-refractivity contribution >= 4 is 5.97 Å². The highest BCUT2D eigenvalue weighted by atomic mass is 16.5. The Kier molecular flexibility index (Phi) is 4.62. The SMILES string of the molecule is COCCc1ccc(Oc2ncc(C(=O)O)cn2)cc1. The standard InChI is InChI=1S/C14H14N2O4/c1-19-7-6-10-2-4-12(5-3-10)20-14-15-8-11(9-16-14)13(17)18/h2-5,8-9H,6-7H2,1H3,(H,17,18). The van der Waals surface area contributed by atoms with Gasteiger partial charge in [0.1, 0.15) is 5.75 Å². The summed E-state index contributed by atoms with van der Waals surface area (Å²) in [6.07, 6.45) is 3.25. The van der Waals surface area contributed by atoms with Gasteiger partial charge in [-0.05, 0) is 24.1 Å². The molecule has 0 atom stereocenters. The van der Waals surface area contributed by atoms with Crippen molar-refractivity contribution in [3.05, 3.63) is 47.8 Å². The molecule has 1 aromatic carbocycles. The fourth-order valence-corrected chi connectivity index (χ4v) is 1.53. The van der Waals surface area contributed by atoms with Gasteiger partial charge < -0.3 is 14.6 Å². The van der Waals surface area contributed by atoms with E-state index in [9.17, 15) is 4.79 Å². The summed E-state index contributed by atoms with van der Waals surface area (Å²) >= 11 is 0. The monoisotopic (exact) mass is 274 g/mol. The van der Waals surface area contributed by atoms with Crippen LogP contribution in [0, 0.1) is 0 Å². The van der Waals surface area contributed by atoms with Gasteiger partial charge in [0.15, 0.2) is 0 Å². The van der Waals surface area contributed by atoms with Crippen LogP contribution in [0.2, 0.25) is 0 Å². The molecule has 1 aromatic heterocycles. The van der Waals surface area contributed by atoms with Crippen molar-refractivity contribution in [1.29, 1.82) is 0 Å². The van der Waals surface area contributed by atoms with Gasteiger partial charge in [0.05, 0.1) is 12.2 Å². The van der Waals surface area contributed by atoms with E-state index in [1.807, 2.05) is 12.1 Å².